The first-order valence-corrected chi connectivity index (χ1v) is 9.86. The first-order chi connectivity index (χ1) is 13.4. The van der Waals surface area contributed by atoms with Crippen molar-refractivity contribution in [2.75, 3.05) is 37.7 Å². The molecule has 2 aliphatic heterocycles. The fraction of sp³-hybridized carbons (Fsp3) is 0.435. The van der Waals surface area contributed by atoms with Crippen molar-refractivity contribution in [1.82, 2.24) is 4.90 Å². The van der Waals surface area contributed by atoms with Crippen LogP contribution in [0.5, 0.6) is 0 Å². The van der Waals surface area contributed by atoms with Crippen molar-refractivity contribution in [3.05, 3.63) is 65.0 Å². The summed E-state index contributed by atoms with van der Waals surface area (Å²) in [5.74, 6) is -0.202. The number of carbonyl (C=O) groups is 1. The fourth-order valence-corrected chi connectivity index (χ4v) is 4.38. The number of amides is 1. The van der Waals surface area contributed by atoms with E-state index in [-0.39, 0.29) is 17.1 Å². The maximum absolute atomic E-state index is 13.3. The van der Waals surface area contributed by atoms with Gasteiger partial charge in [-0.25, -0.2) is 4.39 Å². The van der Waals surface area contributed by atoms with E-state index in [1.54, 1.807) is 17.0 Å². The highest BCUT2D eigenvalue weighted by Crippen LogP contribution is 2.37. The topological polar surface area (TPSA) is 32.8 Å². The smallest absolute Gasteiger partial charge is 0.227 e. The summed E-state index contributed by atoms with van der Waals surface area (Å²) in [5.41, 5.74) is 4.42. The van der Waals surface area contributed by atoms with Crippen LogP contribution in [0.25, 0.3) is 0 Å². The van der Waals surface area contributed by atoms with Gasteiger partial charge in [0.2, 0.25) is 5.91 Å². The van der Waals surface area contributed by atoms with E-state index in [1.807, 2.05) is 0 Å². The van der Waals surface area contributed by atoms with Gasteiger partial charge in [-0.3, -0.25) is 9.69 Å². The van der Waals surface area contributed by atoms with Crippen molar-refractivity contribution in [3.8, 4) is 0 Å². The minimum atomic E-state index is -0.289. The zero-order valence-corrected chi connectivity index (χ0v) is 16.6. The molecule has 2 heterocycles. The van der Waals surface area contributed by atoms with Gasteiger partial charge in [0, 0.05) is 43.7 Å². The summed E-state index contributed by atoms with van der Waals surface area (Å²) in [6.45, 7) is 8.69. The van der Waals surface area contributed by atoms with Crippen molar-refractivity contribution < 1.29 is 13.9 Å². The van der Waals surface area contributed by atoms with Crippen molar-refractivity contribution >= 4 is 11.6 Å². The summed E-state index contributed by atoms with van der Waals surface area (Å²) in [4.78, 5) is 17.0. The number of carbonyl (C=O) groups excluding carboxylic acids is 1. The zero-order chi connectivity index (χ0) is 19.7. The van der Waals surface area contributed by atoms with Gasteiger partial charge < -0.3 is 9.64 Å². The van der Waals surface area contributed by atoms with Crippen LogP contribution in [0.1, 0.15) is 23.1 Å². The van der Waals surface area contributed by atoms with Crippen LogP contribution in [0.4, 0.5) is 10.1 Å². The molecule has 0 aliphatic carbocycles. The highest BCUT2D eigenvalue weighted by molar-refractivity contribution is 5.96. The first-order valence-electron chi connectivity index (χ1n) is 9.86. The lowest BCUT2D eigenvalue weighted by Gasteiger charge is -2.31. The Bertz CT molecular complexity index is 867. The predicted octanol–water partition coefficient (Wildman–Crippen LogP) is 3.70. The average molecular weight is 382 g/mol. The highest BCUT2D eigenvalue weighted by Gasteiger charge is 2.46. The SMILES string of the molecule is Cc1ccc(C)c(CN2CCOC[C@@]3(CC(=O)N(c4ccc(F)cc4)C3)C2)c1. The Morgan fingerprint density at radius 2 is 1.89 bits per heavy atom. The molecule has 148 valence electrons. The molecule has 4 rings (SSSR count). The van der Waals surface area contributed by atoms with E-state index in [1.165, 1.54) is 28.8 Å². The van der Waals surface area contributed by atoms with Crippen LogP contribution in [0.15, 0.2) is 42.5 Å². The van der Waals surface area contributed by atoms with E-state index in [4.69, 9.17) is 4.74 Å². The van der Waals surface area contributed by atoms with Gasteiger partial charge in [-0.15, -0.1) is 0 Å². The molecule has 0 radical (unpaired) electrons. The molecule has 2 aromatic carbocycles. The Hall–Kier alpha value is -2.24. The summed E-state index contributed by atoms with van der Waals surface area (Å²) in [6.07, 6.45) is 0.466. The molecule has 1 spiro atoms. The first kappa shape index (κ1) is 19.1. The van der Waals surface area contributed by atoms with Crippen molar-refractivity contribution in [1.29, 1.82) is 0 Å². The van der Waals surface area contributed by atoms with Crippen LogP contribution in [0.3, 0.4) is 0 Å². The molecular formula is C23H27FN2O2. The lowest BCUT2D eigenvalue weighted by atomic mass is 9.87. The normalized spacial score (nSPS) is 23.4. The molecule has 4 nitrogen and oxygen atoms in total. The minimum Gasteiger partial charge on any atom is -0.379 e. The Balaban J connectivity index is 1.53. The molecule has 28 heavy (non-hydrogen) atoms. The molecule has 2 aliphatic rings. The number of anilines is 1. The quantitative estimate of drug-likeness (QED) is 0.812. The predicted molar refractivity (Wildman–Crippen MR) is 108 cm³/mol. The third kappa shape index (κ3) is 3.96. The number of hydrogen-bond acceptors (Lipinski definition) is 3. The summed E-state index contributed by atoms with van der Waals surface area (Å²) in [5, 5.41) is 0. The number of aryl methyl sites for hydroxylation is 2. The summed E-state index contributed by atoms with van der Waals surface area (Å²) >= 11 is 0. The maximum atomic E-state index is 13.3. The largest absolute Gasteiger partial charge is 0.379 e. The standard InChI is InChI=1S/C23H27FN2O2/c1-17-3-4-18(2)19(11-17)13-25-9-10-28-16-23(14-25)12-22(27)26(15-23)21-7-5-20(24)6-8-21/h3-8,11H,9-10,12-16H2,1-2H3/t23-/m0/s1. The van der Waals surface area contributed by atoms with Crippen molar-refractivity contribution in [3.63, 3.8) is 0 Å². The van der Waals surface area contributed by atoms with E-state index in [0.29, 0.717) is 26.2 Å². The number of ether oxygens (including phenoxy) is 1. The second kappa shape index (κ2) is 7.64. The molecule has 0 bridgehead atoms. The molecule has 2 fully saturated rings. The Labute approximate surface area is 165 Å². The molecular weight excluding hydrogens is 355 g/mol. The lowest BCUT2D eigenvalue weighted by Crippen LogP contribution is -2.40. The summed E-state index contributed by atoms with van der Waals surface area (Å²) in [7, 11) is 0. The van der Waals surface area contributed by atoms with E-state index in [0.717, 1.165) is 25.3 Å². The van der Waals surface area contributed by atoms with Crippen molar-refractivity contribution in [2.24, 2.45) is 5.41 Å². The molecule has 5 heteroatoms. The molecule has 0 saturated carbocycles. The van der Waals surface area contributed by atoms with Gasteiger partial charge in [-0.05, 0) is 49.2 Å². The van der Waals surface area contributed by atoms with Crippen LogP contribution in [0, 0.1) is 25.1 Å². The summed E-state index contributed by atoms with van der Waals surface area (Å²) in [6, 6.07) is 12.7. The third-order valence-corrected chi connectivity index (χ3v) is 5.88. The Morgan fingerprint density at radius 1 is 1.11 bits per heavy atom. The average Bonchev–Trinajstić information content (AvgIpc) is 2.85. The molecule has 2 saturated heterocycles. The molecule has 1 atom stereocenters. The van der Waals surface area contributed by atoms with Gasteiger partial charge in [-0.2, -0.15) is 0 Å². The summed E-state index contributed by atoms with van der Waals surface area (Å²) < 4.78 is 19.2. The number of halogens is 1. The maximum Gasteiger partial charge on any atom is 0.227 e. The number of rotatable bonds is 3. The second-order valence-electron chi connectivity index (χ2n) is 8.33. The molecule has 0 unspecified atom stereocenters. The van der Waals surface area contributed by atoms with Gasteiger partial charge in [0.15, 0.2) is 0 Å². The van der Waals surface area contributed by atoms with E-state index >= 15 is 0 Å². The second-order valence-corrected chi connectivity index (χ2v) is 8.33. The van der Waals surface area contributed by atoms with Gasteiger partial charge >= 0.3 is 0 Å². The molecule has 2 aromatic rings. The van der Waals surface area contributed by atoms with Gasteiger partial charge in [0.05, 0.1) is 13.2 Å². The molecule has 0 N–H and O–H groups in total. The monoisotopic (exact) mass is 382 g/mol. The van der Waals surface area contributed by atoms with Crippen LogP contribution in [-0.2, 0) is 16.1 Å². The lowest BCUT2D eigenvalue weighted by molar-refractivity contribution is -0.118. The number of benzene rings is 2. The molecule has 1 amide bonds. The Kier molecular flexibility index (Phi) is 5.21. The number of nitrogens with zero attached hydrogens (tertiary/aromatic N) is 2. The van der Waals surface area contributed by atoms with Gasteiger partial charge in [-0.1, -0.05) is 23.8 Å². The van der Waals surface area contributed by atoms with Gasteiger partial charge in [0.25, 0.3) is 0 Å². The van der Waals surface area contributed by atoms with E-state index in [2.05, 4.69) is 36.9 Å². The van der Waals surface area contributed by atoms with E-state index in [9.17, 15) is 9.18 Å². The van der Waals surface area contributed by atoms with Crippen LogP contribution < -0.4 is 4.90 Å². The Morgan fingerprint density at radius 3 is 2.68 bits per heavy atom. The third-order valence-electron chi connectivity index (χ3n) is 5.88. The highest BCUT2D eigenvalue weighted by atomic mass is 19.1. The van der Waals surface area contributed by atoms with Gasteiger partial charge in [0.1, 0.15) is 5.82 Å². The minimum absolute atomic E-state index is 0.0868. The van der Waals surface area contributed by atoms with Crippen LogP contribution in [0.2, 0.25) is 0 Å². The number of hydrogen-bond donors (Lipinski definition) is 0. The zero-order valence-electron chi connectivity index (χ0n) is 16.6. The fourth-order valence-electron chi connectivity index (χ4n) is 4.38. The van der Waals surface area contributed by atoms with Crippen LogP contribution >= 0.6 is 0 Å². The molecule has 0 aromatic heterocycles. The van der Waals surface area contributed by atoms with E-state index < -0.39 is 0 Å². The van der Waals surface area contributed by atoms with Crippen molar-refractivity contribution in [2.45, 2.75) is 26.8 Å². The van der Waals surface area contributed by atoms with Crippen LogP contribution in [-0.4, -0.2) is 43.7 Å².